The van der Waals surface area contributed by atoms with Gasteiger partial charge in [0.2, 0.25) is 0 Å². The molecule has 0 saturated carbocycles. The molecule has 1 aromatic heterocycles. The number of rotatable bonds is 4. The summed E-state index contributed by atoms with van der Waals surface area (Å²) in [7, 11) is -3.86. The van der Waals surface area contributed by atoms with Crippen LogP contribution < -0.4 is 9.83 Å². The number of carbonyl (C=O) groups excluding carboxylic acids is 1. The number of thiazole rings is 1. The van der Waals surface area contributed by atoms with Gasteiger partial charge in [-0.1, -0.05) is 35.1 Å². The minimum atomic E-state index is -3.86. The maximum atomic E-state index is 12.3. The smallest absolute Gasteiger partial charge is 0.263 e. The zero-order valence-corrected chi connectivity index (χ0v) is 13.7. The van der Waals surface area contributed by atoms with Crippen LogP contribution in [0.15, 0.2) is 47.4 Å². The van der Waals surface area contributed by atoms with Crippen molar-refractivity contribution >= 4 is 54.3 Å². The number of halogens is 1. The van der Waals surface area contributed by atoms with E-state index in [4.69, 9.17) is 11.6 Å². The van der Waals surface area contributed by atoms with Crippen LogP contribution >= 0.6 is 22.9 Å². The van der Waals surface area contributed by atoms with Crippen LogP contribution in [-0.2, 0) is 10.0 Å². The van der Waals surface area contributed by atoms with Crippen LogP contribution in [0.4, 0.5) is 5.13 Å². The quantitative estimate of drug-likeness (QED) is 0.761. The number of nitrogens with one attached hydrogen (secondary N) is 1. The van der Waals surface area contributed by atoms with Gasteiger partial charge in [-0.15, -0.1) is 0 Å². The van der Waals surface area contributed by atoms with Gasteiger partial charge >= 0.3 is 0 Å². The summed E-state index contributed by atoms with van der Waals surface area (Å²) >= 11 is 7.04. The number of sulfonamides is 1. The second-order valence-corrected chi connectivity index (χ2v) is 7.70. The molecule has 2 aromatic carbocycles. The number of aromatic nitrogens is 1. The molecule has 1 heterocycles. The lowest BCUT2D eigenvalue weighted by atomic mass is 10.2. The lowest BCUT2D eigenvalue weighted by molar-refractivity contribution is -0.255. The van der Waals surface area contributed by atoms with Crippen LogP contribution in [0.5, 0.6) is 0 Å². The van der Waals surface area contributed by atoms with E-state index in [1.165, 1.54) is 24.3 Å². The van der Waals surface area contributed by atoms with Crippen molar-refractivity contribution in [3.05, 3.63) is 53.1 Å². The Labute approximate surface area is 140 Å². The summed E-state index contributed by atoms with van der Waals surface area (Å²) < 4.78 is 27.7. The van der Waals surface area contributed by atoms with Crippen LogP contribution in [-0.4, -0.2) is 19.4 Å². The highest BCUT2D eigenvalue weighted by Crippen LogP contribution is 2.29. The van der Waals surface area contributed by atoms with E-state index >= 15 is 0 Å². The van der Waals surface area contributed by atoms with Crippen LogP contribution in [0.2, 0.25) is 5.02 Å². The molecule has 0 aliphatic heterocycles. The minimum Gasteiger partial charge on any atom is -0.545 e. The summed E-state index contributed by atoms with van der Waals surface area (Å²) in [6.45, 7) is 0. The molecule has 0 amide bonds. The Morgan fingerprint density at radius 1 is 1.17 bits per heavy atom. The Balaban J connectivity index is 1.91. The fourth-order valence-electron chi connectivity index (χ4n) is 1.89. The molecule has 0 bridgehead atoms. The van der Waals surface area contributed by atoms with Crippen molar-refractivity contribution in [3.63, 3.8) is 0 Å². The first-order valence-corrected chi connectivity index (χ1v) is 8.93. The van der Waals surface area contributed by atoms with Gasteiger partial charge in [-0.2, -0.15) is 0 Å². The van der Waals surface area contributed by atoms with Crippen molar-refractivity contribution in [2.45, 2.75) is 4.90 Å². The van der Waals surface area contributed by atoms with Gasteiger partial charge in [-0.25, -0.2) is 13.4 Å². The van der Waals surface area contributed by atoms with E-state index in [0.717, 1.165) is 16.0 Å². The molecule has 3 rings (SSSR count). The molecule has 3 aromatic rings. The van der Waals surface area contributed by atoms with Crippen molar-refractivity contribution in [1.29, 1.82) is 0 Å². The van der Waals surface area contributed by atoms with Crippen LogP contribution in [0.3, 0.4) is 0 Å². The average Bonchev–Trinajstić information content (AvgIpc) is 2.87. The number of aromatic carboxylic acids is 1. The van der Waals surface area contributed by atoms with Gasteiger partial charge in [0.15, 0.2) is 5.13 Å². The first kappa shape index (κ1) is 15.7. The highest BCUT2D eigenvalue weighted by atomic mass is 35.5. The second-order valence-electron chi connectivity index (χ2n) is 4.55. The van der Waals surface area contributed by atoms with Crippen molar-refractivity contribution in [2.24, 2.45) is 0 Å². The normalized spacial score (nSPS) is 11.5. The first-order chi connectivity index (χ1) is 10.8. The predicted molar refractivity (Wildman–Crippen MR) is 86.2 cm³/mol. The highest BCUT2D eigenvalue weighted by molar-refractivity contribution is 7.93. The summed E-state index contributed by atoms with van der Waals surface area (Å²) in [6, 6.07) is 9.78. The fraction of sp³-hybridized carbons (Fsp3) is 0. The van der Waals surface area contributed by atoms with E-state index in [9.17, 15) is 18.3 Å². The van der Waals surface area contributed by atoms with Gasteiger partial charge in [0.05, 0.1) is 21.1 Å². The first-order valence-electron chi connectivity index (χ1n) is 6.25. The molecule has 0 fully saturated rings. The SMILES string of the molecule is O=C([O-])c1ccc(S(=O)(=O)Nc2nc3ccc(Cl)cc3s2)cc1. The maximum Gasteiger partial charge on any atom is 0.263 e. The van der Waals surface area contributed by atoms with Crippen LogP contribution in [0, 0.1) is 0 Å². The lowest BCUT2D eigenvalue weighted by Gasteiger charge is -2.06. The summed E-state index contributed by atoms with van der Waals surface area (Å²) in [5, 5.41) is 11.4. The van der Waals surface area contributed by atoms with Gasteiger partial charge in [0, 0.05) is 5.02 Å². The predicted octanol–water partition coefficient (Wildman–Crippen LogP) is 2.11. The summed E-state index contributed by atoms with van der Waals surface area (Å²) in [5.74, 6) is -1.37. The Morgan fingerprint density at radius 3 is 2.52 bits per heavy atom. The Hall–Kier alpha value is -2.16. The molecule has 0 unspecified atom stereocenters. The zero-order chi connectivity index (χ0) is 16.6. The van der Waals surface area contributed by atoms with E-state index in [2.05, 4.69) is 9.71 Å². The van der Waals surface area contributed by atoms with Gasteiger partial charge in [0.25, 0.3) is 10.0 Å². The molecule has 0 aliphatic rings. The zero-order valence-electron chi connectivity index (χ0n) is 11.3. The van der Waals surface area contributed by atoms with Crippen LogP contribution in [0.1, 0.15) is 10.4 Å². The summed E-state index contributed by atoms with van der Waals surface area (Å²) in [6.07, 6.45) is 0. The number of hydrogen-bond acceptors (Lipinski definition) is 6. The molecule has 0 radical (unpaired) electrons. The van der Waals surface area contributed by atoms with E-state index in [1.54, 1.807) is 18.2 Å². The molecular formula is C14H8ClN2O4S2-. The summed E-state index contributed by atoms with van der Waals surface area (Å²) in [5.41, 5.74) is 0.531. The van der Waals surface area contributed by atoms with Gasteiger partial charge in [-0.05, 0) is 35.9 Å². The largest absolute Gasteiger partial charge is 0.545 e. The molecule has 6 nitrogen and oxygen atoms in total. The fourth-order valence-corrected chi connectivity index (χ4v) is 4.26. The minimum absolute atomic E-state index is 0.0696. The number of carbonyl (C=O) groups is 1. The Kier molecular flexibility index (Phi) is 3.97. The van der Waals surface area contributed by atoms with Crippen molar-refractivity contribution < 1.29 is 18.3 Å². The number of carboxylic acids is 1. The number of nitrogens with zero attached hydrogens (tertiary/aromatic N) is 1. The molecule has 9 heteroatoms. The second kappa shape index (κ2) is 5.80. The van der Waals surface area contributed by atoms with E-state index in [1.807, 2.05) is 0 Å². The van der Waals surface area contributed by atoms with Crippen LogP contribution in [0.25, 0.3) is 10.2 Å². The third-order valence-electron chi connectivity index (χ3n) is 2.97. The van der Waals surface area contributed by atoms with Crippen molar-refractivity contribution in [3.8, 4) is 0 Å². The number of carboxylic acid groups (broad SMARTS) is 1. The Bertz CT molecular complexity index is 997. The highest BCUT2D eigenvalue weighted by Gasteiger charge is 2.16. The number of benzene rings is 2. The molecule has 0 spiro atoms. The lowest BCUT2D eigenvalue weighted by Crippen LogP contribution is -2.22. The topological polar surface area (TPSA) is 99.2 Å². The van der Waals surface area contributed by atoms with Gasteiger partial charge in [-0.3, -0.25) is 4.72 Å². The van der Waals surface area contributed by atoms with Gasteiger partial charge < -0.3 is 9.90 Å². The third kappa shape index (κ3) is 3.29. The molecule has 0 atom stereocenters. The molecule has 118 valence electrons. The van der Waals surface area contributed by atoms with Crippen molar-refractivity contribution in [2.75, 3.05) is 4.72 Å². The monoisotopic (exact) mass is 367 g/mol. The standard InChI is InChI=1S/C14H9ClN2O4S2/c15-9-3-6-11-12(7-9)22-14(16-11)17-23(20,21)10-4-1-8(2-5-10)13(18)19/h1-7H,(H,16,17)(H,18,19)/p-1. The Morgan fingerprint density at radius 2 is 1.87 bits per heavy atom. The summed E-state index contributed by atoms with van der Waals surface area (Å²) in [4.78, 5) is 14.8. The van der Waals surface area contributed by atoms with E-state index in [0.29, 0.717) is 10.5 Å². The molecule has 23 heavy (non-hydrogen) atoms. The van der Waals surface area contributed by atoms with Crippen molar-refractivity contribution in [1.82, 2.24) is 4.98 Å². The third-order valence-corrected chi connectivity index (χ3v) is 5.63. The molecule has 1 N–H and O–H groups in total. The number of hydrogen-bond donors (Lipinski definition) is 1. The number of anilines is 1. The van der Waals surface area contributed by atoms with E-state index < -0.39 is 16.0 Å². The average molecular weight is 368 g/mol. The molecule has 0 aliphatic carbocycles. The molecular weight excluding hydrogens is 360 g/mol. The van der Waals surface area contributed by atoms with E-state index in [-0.39, 0.29) is 15.6 Å². The maximum absolute atomic E-state index is 12.3. The molecule has 0 saturated heterocycles. The number of fused-ring (bicyclic) bond motifs is 1. The van der Waals surface area contributed by atoms with Gasteiger partial charge in [0.1, 0.15) is 0 Å².